The van der Waals surface area contributed by atoms with Gasteiger partial charge in [0.05, 0.1) is 0 Å². The summed E-state index contributed by atoms with van der Waals surface area (Å²) in [4.78, 5) is 38.5. The number of allylic oxidation sites excluding steroid dienone is 14. The number of esters is 3. The third kappa shape index (κ3) is 69.3. The summed E-state index contributed by atoms with van der Waals surface area (Å²) in [6.45, 7) is 6.52. The molecule has 0 aliphatic heterocycles. The molecule has 6 nitrogen and oxygen atoms in total. The molecule has 0 heterocycles. The van der Waals surface area contributed by atoms with Crippen molar-refractivity contribution in [3.8, 4) is 0 Å². The zero-order chi connectivity index (χ0) is 59.9. The maximum atomic E-state index is 13.0. The summed E-state index contributed by atoms with van der Waals surface area (Å²) < 4.78 is 16.9. The molecule has 0 rings (SSSR count). The lowest BCUT2D eigenvalue weighted by Gasteiger charge is -2.18. The molecule has 0 spiro atoms. The molecule has 1 unspecified atom stereocenters. The SMILES string of the molecule is CC/C=C\C/C=C\C/C=C\C/C=C\C/C=C\C/C=C\CCC(=O)OCC(COC(=O)CCCCCCCCCCCCCCCCCCCCCCCCCCC)OC(=O)CCCCCCCCCCC/C=C\CCCCCCCCCC. The van der Waals surface area contributed by atoms with Gasteiger partial charge in [0.2, 0.25) is 0 Å². The Labute approximate surface area is 515 Å². The molecule has 0 saturated heterocycles. The van der Waals surface area contributed by atoms with Crippen LogP contribution in [-0.2, 0) is 28.6 Å². The van der Waals surface area contributed by atoms with Gasteiger partial charge in [-0.2, -0.15) is 0 Å². The number of rotatable bonds is 66. The molecular weight excluding hydrogens is 1020 g/mol. The highest BCUT2D eigenvalue weighted by molar-refractivity contribution is 5.71. The Hall–Kier alpha value is -3.41. The number of unbranched alkanes of at least 4 members (excludes halogenated alkanes) is 41. The molecule has 0 bridgehead atoms. The van der Waals surface area contributed by atoms with Gasteiger partial charge in [0.25, 0.3) is 0 Å². The van der Waals surface area contributed by atoms with Crippen molar-refractivity contribution < 1.29 is 28.6 Å². The Morgan fingerprint density at radius 2 is 0.494 bits per heavy atom. The van der Waals surface area contributed by atoms with E-state index >= 15 is 0 Å². The van der Waals surface area contributed by atoms with Crippen LogP contribution in [0.25, 0.3) is 0 Å². The van der Waals surface area contributed by atoms with E-state index in [4.69, 9.17) is 14.2 Å². The molecule has 0 aliphatic rings. The first kappa shape index (κ1) is 79.6. The van der Waals surface area contributed by atoms with E-state index < -0.39 is 6.10 Å². The van der Waals surface area contributed by atoms with Gasteiger partial charge in [0, 0.05) is 19.3 Å². The largest absolute Gasteiger partial charge is 0.462 e. The molecule has 0 radical (unpaired) electrons. The summed E-state index contributed by atoms with van der Waals surface area (Å²) in [6.07, 6.45) is 94.9. The number of carbonyl (C=O) groups is 3. The van der Waals surface area contributed by atoms with E-state index in [1.54, 1.807) is 0 Å². The van der Waals surface area contributed by atoms with E-state index in [0.29, 0.717) is 19.3 Å². The van der Waals surface area contributed by atoms with Crippen molar-refractivity contribution in [2.24, 2.45) is 0 Å². The van der Waals surface area contributed by atoms with Crippen LogP contribution in [0.3, 0.4) is 0 Å². The third-order valence-electron chi connectivity index (χ3n) is 15.9. The minimum Gasteiger partial charge on any atom is -0.462 e. The van der Waals surface area contributed by atoms with Crippen LogP contribution >= 0.6 is 0 Å². The van der Waals surface area contributed by atoms with Crippen LogP contribution < -0.4 is 0 Å². The quantitative estimate of drug-likeness (QED) is 0.0261. The van der Waals surface area contributed by atoms with Crippen molar-refractivity contribution in [2.75, 3.05) is 13.2 Å². The van der Waals surface area contributed by atoms with Crippen molar-refractivity contribution in [1.29, 1.82) is 0 Å². The zero-order valence-corrected chi connectivity index (χ0v) is 55.2. The second-order valence-corrected chi connectivity index (χ2v) is 24.1. The van der Waals surface area contributed by atoms with Crippen molar-refractivity contribution in [1.82, 2.24) is 0 Å². The van der Waals surface area contributed by atoms with Crippen molar-refractivity contribution in [3.63, 3.8) is 0 Å². The van der Waals surface area contributed by atoms with Crippen LogP contribution in [0.2, 0.25) is 0 Å². The molecule has 0 amide bonds. The van der Waals surface area contributed by atoms with Crippen LogP contribution in [0.4, 0.5) is 0 Å². The molecule has 0 aromatic heterocycles. The number of ether oxygens (including phenoxy) is 3. The number of hydrogen-bond donors (Lipinski definition) is 0. The highest BCUT2D eigenvalue weighted by Gasteiger charge is 2.19. The van der Waals surface area contributed by atoms with Gasteiger partial charge < -0.3 is 14.2 Å². The normalized spacial score (nSPS) is 12.6. The van der Waals surface area contributed by atoms with E-state index in [-0.39, 0.29) is 37.5 Å². The summed E-state index contributed by atoms with van der Waals surface area (Å²) in [5.41, 5.74) is 0. The van der Waals surface area contributed by atoms with Gasteiger partial charge in [-0.25, -0.2) is 0 Å². The Morgan fingerprint density at radius 3 is 0.807 bits per heavy atom. The number of carbonyl (C=O) groups excluding carboxylic acids is 3. The molecule has 83 heavy (non-hydrogen) atoms. The van der Waals surface area contributed by atoms with Gasteiger partial charge in [-0.1, -0.05) is 350 Å². The predicted molar refractivity (Wildman–Crippen MR) is 362 cm³/mol. The highest BCUT2D eigenvalue weighted by Crippen LogP contribution is 2.18. The highest BCUT2D eigenvalue weighted by atomic mass is 16.6. The molecule has 0 aromatic rings. The third-order valence-corrected chi connectivity index (χ3v) is 15.9. The molecule has 0 N–H and O–H groups in total. The van der Waals surface area contributed by atoms with E-state index in [2.05, 4.69) is 99.8 Å². The lowest BCUT2D eigenvalue weighted by atomic mass is 10.0. The van der Waals surface area contributed by atoms with Crippen LogP contribution in [-0.4, -0.2) is 37.2 Å². The Balaban J connectivity index is 4.39. The zero-order valence-electron chi connectivity index (χ0n) is 55.2. The molecule has 0 aliphatic carbocycles. The molecule has 0 fully saturated rings. The molecular formula is C77H136O6. The maximum absolute atomic E-state index is 13.0. The van der Waals surface area contributed by atoms with Crippen LogP contribution in [0.1, 0.15) is 367 Å². The van der Waals surface area contributed by atoms with E-state index in [0.717, 1.165) is 77.0 Å². The van der Waals surface area contributed by atoms with Gasteiger partial charge >= 0.3 is 17.9 Å². The standard InChI is InChI=1S/C77H136O6/c1-4-7-10-13-16-19-22-25-28-31-34-36-37-38-39-41-43-46-49-52-55-58-61-64-67-70-76(79)82-73-74(72-81-75(78)69-66-63-60-57-54-51-48-45-42-33-30-27-24-21-18-15-12-9-6-3)83-77(80)71-68-65-62-59-56-53-50-47-44-40-35-32-29-26-23-20-17-14-11-8-5-2/h9,12,18,21,27,30,32,35,42,45,51,54,60,63,74H,4-8,10-11,13-17,19-20,22-26,28-29,31,33-34,36-41,43-44,46-50,52-53,55-59,61-62,64-73H2,1-3H3/b12-9-,21-18-,30-27-,35-32-,45-42-,54-51-,63-60-. The van der Waals surface area contributed by atoms with Gasteiger partial charge in [-0.05, 0) is 83.5 Å². The van der Waals surface area contributed by atoms with E-state index in [1.807, 2.05) is 6.08 Å². The summed E-state index contributed by atoms with van der Waals surface area (Å²) in [5, 5.41) is 0. The summed E-state index contributed by atoms with van der Waals surface area (Å²) in [5.74, 6) is -0.967. The molecule has 0 saturated carbocycles. The van der Waals surface area contributed by atoms with Crippen LogP contribution in [0.5, 0.6) is 0 Å². The minimum absolute atomic E-state index is 0.0972. The van der Waals surface area contributed by atoms with E-state index in [1.165, 1.54) is 244 Å². The van der Waals surface area contributed by atoms with Gasteiger partial charge in [0.15, 0.2) is 6.10 Å². The van der Waals surface area contributed by atoms with Gasteiger partial charge in [0.1, 0.15) is 13.2 Å². The smallest absolute Gasteiger partial charge is 0.306 e. The molecule has 1 atom stereocenters. The fraction of sp³-hybridized carbons (Fsp3) is 0.779. The van der Waals surface area contributed by atoms with Crippen molar-refractivity contribution >= 4 is 17.9 Å². The monoisotopic (exact) mass is 1160 g/mol. The fourth-order valence-electron chi connectivity index (χ4n) is 10.5. The Bertz CT molecular complexity index is 1570. The van der Waals surface area contributed by atoms with Gasteiger partial charge in [-0.15, -0.1) is 0 Å². The Kier molecular flexibility index (Phi) is 68.2. The predicted octanol–water partition coefficient (Wildman–Crippen LogP) is 25.0. The second kappa shape index (κ2) is 71.1. The first-order chi connectivity index (χ1) is 41.0. The summed E-state index contributed by atoms with van der Waals surface area (Å²) in [6, 6.07) is 0. The Morgan fingerprint density at radius 1 is 0.253 bits per heavy atom. The van der Waals surface area contributed by atoms with Gasteiger partial charge in [-0.3, -0.25) is 14.4 Å². The lowest BCUT2D eigenvalue weighted by Crippen LogP contribution is -2.30. The first-order valence-electron chi connectivity index (χ1n) is 36.1. The van der Waals surface area contributed by atoms with E-state index in [9.17, 15) is 14.4 Å². The van der Waals surface area contributed by atoms with Crippen molar-refractivity contribution in [3.05, 3.63) is 85.1 Å². The second-order valence-electron chi connectivity index (χ2n) is 24.1. The average Bonchev–Trinajstić information content (AvgIpc) is 3.49. The first-order valence-corrected chi connectivity index (χ1v) is 36.1. The van der Waals surface area contributed by atoms with Crippen LogP contribution in [0.15, 0.2) is 85.1 Å². The molecule has 6 heteroatoms. The maximum Gasteiger partial charge on any atom is 0.306 e. The summed E-state index contributed by atoms with van der Waals surface area (Å²) in [7, 11) is 0. The van der Waals surface area contributed by atoms with Crippen molar-refractivity contribution in [2.45, 2.75) is 374 Å². The minimum atomic E-state index is -0.810. The lowest BCUT2D eigenvalue weighted by molar-refractivity contribution is -0.166. The number of hydrogen-bond acceptors (Lipinski definition) is 6. The van der Waals surface area contributed by atoms with Crippen LogP contribution in [0, 0.1) is 0 Å². The molecule has 0 aromatic carbocycles. The topological polar surface area (TPSA) is 78.9 Å². The fourth-order valence-corrected chi connectivity index (χ4v) is 10.5. The summed E-state index contributed by atoms with van der Waals surface area (Å²) >= 11 is 0. The average molecular weight is 1160 g/mol. The molecule has 480 valence electrons.